The molecule has 0 aromatic heterocycles. The highest BCUT2D eigenvalue weighted by molar-refractivity contribution is 5.89. The van der Waals surface area contributed by atoms with Gasteiger partial charge in [0.15, 0.2) is 0 Å². The fourth-order valence-electron chi connectivity index (χ4n) is 2.98. The van der Waals surface area contributed by atoms with E-state index in [9.17, 15) is 4.79 Å². The van der Waals surface area contributed by atoms with Gasteiger partial charge in [-0.25, -0.2) is 4.79 Å². The monoisotopic (exact) mass is 318 g/mol. The van der Waals surface area contributed by atoms with Gasteiger partial charge in [0.25, 0.3) is 0 Å². The first-order valence-electron chi connectivity index (χ1n) is 8.85. The number of carbonyl (C=O) groups excluding carboxylic acids is 1. The molecule has 2 amide bonds. The minimum atomic E-state index is -0.132. The standard InChI is InChI=1S/C18H30N4O/c1-3-21(4-2)14-11-19-18(23)20-16-9-8-10-17(15-16)22-12-6-5-7-13-22/h8-10,15H,3-7,11-14H2,1-2H3,(H2,19,20,23). The van der Waals surface area contributed by atoms with Crippen LogP contribution in [-0.2, 0) is 0 Å². The van der Waals surface area contributed by atoms with Gasteiger partial charge in [-0.15, -0.1) is 0 Å². The lowest BCUT2D eigenvalue weighted by molar-refractivity contribution is 0.248. The van der Waals surface area contributed by atoms with Crippen LogP contribution >= 0.6 is 0 Å². The van der Waals surface area contributed by atoms with E-state index in [1.165, 1.54) is 24.9 Å². The van der Waals surface area contributed by atoms with Crippen molar-refractivity contribution in [3.63, 3.8) is 0 Å². The maximum atomic E-state index is 12.0. The van der Waals surface area contributed by atoms with Crippen LogP contribution in [0, 0.1) is 0 Å². The maximum Gasteiger partial charge on any atom is 0.319 e. The van der Waals surface area contributed by atoms with Gasteiger partial charge < -0.3 is 20.4 Å². The molecule has 1 saturated heterocycles. The number of amides is 2. The zero-order valence-electron chi connectivity index (χ0n) is 14.5. The lowest BCUT2D eigenvalue weighted by atomic mass is 10.1. The highest BCUT2D eigenvalue weighted by atomic mass is 16.2. The van der Waals surface area contributed by atoms with Crippen LogP contribution < -0.4 is 15.5 Å². The number of likely N-dealkylation sites (N-methyl/N-ethyl adjacent to an activating group) is 1. The van der Waals surface area contributed by atoms with Gasteiger partial charge in [-0.1, -0.05) is 19.9 Å². The summed E-state index contributed by atoms with van der Waals surface area (Å²) in [4.78, 5) is 16.7. The number of rotatable bonds is 7. The second-order valence-electron chi connectivity index (χ2n) is 6.01. The summed E-state index contributed by atoms with van der Waals surface area (Å²) in [6.45, 7) is 10.1. The van der Waals surface area contributed by atoms with Crippen LogP contribution in [0.15, 0.2) is 24.3 Å². The quantitative estimate of drug-likeness (QED) is 0.812. The third-order valence-corrected chi connectivity index (χ3v) is 4.43. The summed E-state index contributed by atoms with van der Waals surface area (Å²) in [6.07, 6.45) is 3.83. The molecule has 23 heavy (non-hydrogen) atoms. The molecule has 5 heteroatoms. The van der Waals surface area contributed by atoms with E-state index in [2.05, 4.69) is 46.4 Å². The summed E-state index contributed by atoms with van der Waals surface area (Å²) >= 11 is 0. The van der Waals surface area contributed by atoms with Crippen LogP contribution in [-0.4, -0.2) is 50.2 Å². The van der Waals surface area contributed by atoms with Crippen molar-refractivity contribution in [1.82, 2.24) is 10.2 Å². The van der Waals surface area contributed by atoms with Gasteiger partial charge >= 0.3 is 6.03 Å². The van der Waals surface area contributed by atoms with Crippen LogP contribution in [0.1, 0.15) is 33.1 Å². The number of carbonyl (C=O) groups is 1. The predicted octanol–water partition coefficient (Wildman–Crippen LogP) is 3.14. The molecule has 1 heterocycles. The second-order valence-corrected chi connectivity index (χ2v) is 6.01. The van der Waals surface area contributed by atoms with Gasteiger partial charge in [-0.3, -0.25) is 0 Å². The van der Waals surface area contributed by atoms with Crippen molar-refractivity contribution in [2.24, 2.45) is 0 Å². The van der Waals surface area contributed by atoms with E-state index >= 15 is 0 Å². The molecule has 5 nitrogen and oxygen atoms in total. The number of anilines is 2. The van der Waals surface area contributed by atoms with Crippen molar-refractivity contribution in [2.75, 3.05) is 49.5 Å². The first-order valence-corrected chi connectivity index (χ1v) is 8.85. The van der Waals surface area contributed by atoms with Crippen LogP contribution in [0.25, 0.3) is 0 Å². The number of hydrogen-bond donors (Lipinski definition) is 2. The lowest BCUT2D eigenvalue weighted by Crippen LogP contribution is -2.37. The van der Waals surface area contributed by atoms with Crippen molar-refractivity contribution < 1.29 is 4.79 Å². The first kappa shape index (κ1) is 17.6. The van der Waals surface area contributed by atoms with E-state index in [0.29, 0.717) is 6.54 Å². The molecule has 1 aliphatic rings. The second kappa shape index (κ2) is 9.40. The van der Waals surface area contributed by atoms with E-state index in [4.69, 9.17) is 0 Å². The Bertz CT molecular complexity index is 482. The Morgan fingerprint density at radius 1 is 1.17 bits per heavy atom. The third kappa shape index (κ3) is 5.75. The molecule has 1 aliphatic heterocycles. The molecule has 1 aromatic rings. The maximum absolute atomic E-state index is 12.0. The summed E-state index contributed by atoms with van der Waals surface area (Å²) in [5, 5.41) is 5.86. The molecule has 1 fully saturated rings. The molecular formula is C18H30N4O. The topological polar surface area (TPSA) is 47.6 Å². The Kier molecular flexibility index (Phi) is 7.20. The average Bonchev–Trinajstić information content (AvgIpc) is 2.60. The average molecular weight is 318 g/mol. The number of nitrogens with one attached hydrogen (secondary N) is 2. The molecular weight excluding hydrogens is 288 g/mol. The van der Waals surface area contributed by atoms with Crippen LogP contribution in [0.2, 0.25) is 0 Å². The van der Waals surface area contributed by atoms with Crippen LogP contribution in [0.5, 0.6) is 0 Å². The Balaban J connectivity index is 1.81. The molecule has 0 radical (unpaired) electrons. The van der Waals surface area contributed by atoms with E-state index in [0.717, 1.165) is 38.4 Å². The number of benzene rings is 1. The Morgan fingerprint density at radius 3 is 2.61 bits per heavy atom. The number of urea groups is 1. The van der Waals surface area contributed by atoms with Gasteiger partial charge in [-0.05, 0) is 50.6 Å². The summed E-state index contributed by atoms with van der Waals surface area (Å²) in [5.41, 5.74) is 2.05. The first-order chi connectivity index (χ1) is 11.2. The number of piperidine rings is 1. The molecule has 128 valence electrons. The molecule has 1 aromatic carbocycles. The summed E-state index contributed by atoms with van der Waals surface area (Å²) in [7, 11) is 0. The zero-order chi connectivity index (χ0) is 16.5. The minimum Gasteiger partial charge on any atom is -0.371 e. The van der Waals surface area contributed by atoms with Crippen LogP contribution in [0.4, 0.5) is 16.2 Å². The van der Waals surface area contributed by atoms with Crippen molar-refractivity contribution in [3.05, 3.63) is 24.3 Å². The van der Waals surface area contributed by atoms with Crippen molar-refractivity contribution in [1.29, 1.82) is 0 Å². The SMILES string of the molecule is CCN(CC)CCNC(=O)Nc1cccc(N2CCCCC2)c1. The molecule has 0 saturated carbocycles. The highest BCUT2D eigenvalue weighted by Gasteiger charge is 2.11. The van der Waals surface area contributed by atoms with Crippen LogP contribution in [0.3, 0.4) is 0 Å². The normalized spacial score (nSPS) is 14.8. The van der Waals surface area contributed by atoms with Gasteiger partial charge in [0.05, 0.1) is 0 Å². The van der Waals surface area contributed by atoms with E-state index in [1.807, 2.05) is 12.1 Å². The summed E-state index contributed by atoms with van der Waals surface area (Å²) < 4.78 is 0. The molecule has 0 bridgehead atoms. The molecule has 0 spiro atoms. The zero-order valence-corrected chi connectivity index (χ0v) is 14.5. The molecule has 2 N–H and O–H groups in total. The van der Waals surface area contributed by atoms with Crippen molar-refractivity contribution in [2.45, 2.75) is 33.1 Å². The summed E-state index contributed by atoms with van der Waals surface area (Å²) in [5.74, 6) is 0. The predicted molar refractivity (Wildman–Crippen MR) is 97.3 cm³/mol. The highest BCUT2D eigenvalue weighted by Crippen LogP contribution is 2.22. The minimum absolute atomic E-state index is 0.132. The van der Waals surface area contributed by atoms with Gasteiger partial charge in [0, 0.05) is 37.6 Å². The van der Waals surface area contributed by atoms with Gasteiger partial charge in [0.1, 0.15) is 0 Å². The van der Waals surface area contributed by atoms with E-state index in [-0.39, 0.29) is 6.03 Å². The molecule has 0 atom stereocenters. The van der Waals surface area contributed by atoms with Gasteiger partial charge in [0.2, 0.25) is 0 Å². The van der Waals surface area contributed by atoms with Gasteiger partial charge in [-0.2, -0.15) is 0 Å². The Hall–Kier alpha value is -1.75. The fourth-order valence-corrected chi connectivity index (χ4v) is 2.98. The number of nitrogens with zero attached hydrogens (tertiary/aromatic N) is 2. The van der Waals surface area contributed by atoms with E-state index in [1.54, 1.807) is 0 Å². The molecule has 0 aliphatic carbocycles. The lowest BCUT2D eigenvalue weighted by Gasteiger charge is -2.29. The Morgan fingerprint density at radius 2 is 1.91 bits per heavy atom. The Labute approximate surface area is 140 Å². The summed E-state index contributed by atoms with van der Waals surface area (Å²) in [6, 6.07) is 8.00. The van der Waals surface area contributed by atoms with E-state index < -0.39 is 0 Å². The third-order valence-electron chi connectivity index (χ3n) is 4.43. The fraction of sp³-hybridized carbons (Fsp3) is 0.611. The molecule has 2 rings (SSSR count). The smallest absolute Gasteiger partial charge is 0.319 e. The molecule has 0 unspecified atom stereocenters. The van der Waals surface area contributed by atoms with Crippen molar-refractivity contribution in [3.8, 4) is 0 Å². The number of hydrogen-bond acceptors (Lipinski definition) is 3. The largest absolute Gasteiger partial charge is 0.371 e. The van der Waals surface area contributed by atoms with Crippen molar-refractivity contribution >= 4 is 17.4 Å².